The number of rotatable bonds is 4. The largest absolute Gasteiger partial charge is 0.418 e. The van der Waals surface area contributed by atoms with E-state index in [1.165, 1.54) is 18.2 Å². The average molecular weight is 310 g/mol. The van der Waals surface area contributed by atoms with Crippen LogP contribution >= 0.6 is 0 Å². The van der Waals surface area contributed by atoms with Crippen LogP contribution in [0.15, 0.2) is 30.3 Å². The maximum absolute atomic E-state index is 12.9. The van der Waals surface area contributed by atoms with Crippen molar-refractivity contribution in [3.63, 3.8) is 0 Å². The van der Waals surface area contributed by atoms with E-state index >= 15 is 0 Å². The lowest BCUT2D eigenvalue weighted by molar-refractivity contribution is -0.136. The van der Waals surface area contributed by atoms with Gasteiger partial charge < -0.3 is 9.88 Å². The number of carbonyl (C=O) groups is 1. The number of ketones is 1. The molecule has 0 fully saturated rings. The molecule has 0 aliphatic heterocycles. The maximum Gasteiger partial charge on any atom is 0.418 e. The average Bonchev–Trinajstić information content (AvgIpc) is 2.72. The number of nitrogens with zero attached hydrogens (tertiary/aromatic N) is 1. The third-order valence-electron chi connectivity index (χ3n) is 3.75. The zero-order chi connectivity index (χ0) is 16.5. The van der Waals surface area contributed by atoms with Crippen LogP contribution in [0.4, 0.5) is 18.9 Å². The number of alkyl halides is 3. The lowest BCUT2D eigenvalue weighted by Gasteiger charge is -2.13. The summed E-state index contributed by atoms with van der Waals surface area (Å²) in [5.74, 6) is -0.238. The first-order valence-electron chi connectivity index (χ1n) is 6.78. The molecule has 3 nitrogen and oxygen atoms in total. The number of halogens is 3. The molecule has 0 bridgehead atoms. The smallest absolute Gasteiger partial charge is 0.377 e. The Balaban J connectivity index is 2.17. The van der Waals surface area contributed by atoms with Crippen molar-refractivity contribution < 1.29 is 18.0 Å². The van der Waals surface area contributed by atoms with Gasteiger partial charge in [-0.15, -0.1) is 0 Å². The van der Waals surface area contributed by atoms with Crippen LogP contribution in [0.5, 0.6) is 0 Å². The molecule has 0 amide bonds. The Morgan fingerprint density at radius 3 is 2.41 bits per heavy atom. The van der Waals surface area contributed by atoms with Crippen LogP contribution in [0.25, 0.3) is 0 Å². The number of benzene rings is 1. The van der Waals surface area contributed by atoms with Gasteiger partial charge in [-0.1, -0.05) is 12.1 Å². The molecule has 0 spiro atoms. The summed E-state index contributed by atoms with van der Waals surface area (Å²) in [5.41, 5.74) is 1.39. The van der Waals surface area contributed by atoms with Gasteiger partial charge in [0.1, 0.15) is 0 Å². The van der Waals surface area contributed by atoms with Gasteiger partial charge in [0.15, 0.2) is 5.78 Å². The lowest BCUT2D eigenvalue weighted by atomic mass is 10.1. The topological polar surface area (TPSA) is 34.0 Å². The van der Waals surface area contributed by atoms with Crippen LogP contribution < -0.4 is 5.32 Å². The Kier molecular flexibility index (Phi) is 4.30. The van der Waals surface area contributed by atoms with Crippen molar-refractivity contribution in [2.75, 3.05) is 11.9 Å². The molecule has 2 aromatic rings. The summed E-state index contributed by atoms with van der Waals surface area (Å²) in [6, 6.07) is 6.87. The highest BCUT2D eigenvalue weighted by Gasteiger charge is 2.33. The van der Waals surface area contributed by atoms with E-state index in [2.05, 4.69) is 5.32 Å². The van der Waals surface area contributed by atoms with E-state index in [0.29, 0.717) is 5.56 Å². The quantitative estimate of drug-likeness (QED) is 0.868. The molecular formula is C16H17F3N2O. The Hall–Kier alpha value is -2.24. The Labute approximate surface area is 126 Å². The molecule has 0 aliphatic carbocycles. The molecule has 1 aromatic heterocycles. The minimum Gasteiger partial charge on any atom is -0.377 e. The predicted molar refractivity (Wildman–Crippen MR) is 79.2 cm³/mol. The highest BCUT2D eigenvalue weighted by Crippen LogP contribution is 2.34. The first kappa shape index (κ1) is 16.1. The molecule has 0 radical (unpaired) electrons. The maximum atomic E-state index is 12.9. The summed E-state index contributed by atoms with van der Waals surface area (Å²) in [6.45, 7) is 3.50. The van der Waals surface area contributed by atoms with E-state index in [4.69, 9.17) is 0 Å². The van der Waals surface area contributed by atoms with E-state index in [-0.39, 0.29) is 18.0 Å². The minimum absolute atomic E-state index is 0.0892. The third kappa shape index (κ3) is 3.16. The van der Waals surface area contributed by atoms with Gasteiger partial charge >= 0.3 is 6.18 Å². The predicted octanol–water partition coefficient (Wildman–Crippen LogP) is 3.96. The Bertz CT molecular complexity index is 702. The SMILES string of the molecule is Cc1cc(C(=O)CNc2ccccc2C(F)(F)F)c(C)n1C. The molecule has 118 valence electrons. The number of Topliss-reactive ketones (excluding diaryl/α,β-unsaturated/α-hetero) is 1. The van der Waals surface area contributed by atoms with Crippen molar-refractivity contribution in [3.8, 4) is 0 Å². The molecule has 0 unspecified atom stereocenters. The molecular weight excluding hydrogens is 293 g/mol. The summed E-state index contributed by atoms with van der Waals surface area (Å²) < 4.78 is 40.5. The van der Waals surface area contributed by atoms with Crippen molar-refractivity contribution in [2.24, 2.45) is 7.05 Å². The first-order valence-corrected chi connectivity index (χ1v) is 6.78. The fourth-order valence-electron chi connectivity index (χ4n) is 2.29. The van der Waals surface area contributed by atoms with E-state index < -0.39 is 11.7 Å². The lowest BCUT2D eigenvalue weighted by Crippen LogP contribution is -2.17. The van der Waals surface area contributed by atoms with E-state index in [1.54, 1.807) is 6.07 Å². The van der Waals surface area contributed by atoms with Crippen molar-refractivity contribution in [1.29, 1.82) is 0 Å². The van der Waals surface area contributed by atoms with Crippen LogP contribution in [-0.4, -0.2) is 16.9 Å². The molecule has 1 heterocycles. The summed E-state index contributed by atoms with van der Waals surface area (Å²) >= 11 is 0. The van der Waals surface area contributed by atoms with Crippen molar-refractivity contribution in [1.82, 2.24) is 4.57 Å². The molecule has 6 heteroatoms. The molecule has 0 aliphatic rings. The molecule has 1 aromatic carbocycles. The first-order chi connectivity index (χ1) is 10.2. The molecule has 2 rings (SSSR count). The third-order valence-corrected chi connectivity index (χ3v) is 3.75. The van der Waals surface area contributed by atoms with Crippen LogP contribution in [0.2, 0.25) is 0 Å². The molecule has 22 heavy (non-hydrogen) atoms. The Morgan fingerprint density at radius 2 is 1.86 bits per heavy atom. The van der Waals surface area contributed by atoms with Crippen molar-refractivity contribution >= 4 is 11.5 Å². The number of para-hydroxylation sites is 1. The fraction of sp³-hybridized carbons (Fsp3) is 0.312. The summed E-state index contributed by atoms with van der Waals surface area (Å²) in [4.78, 5) is 12.2. The second kappa shape index (κ2) is 5.87. The monoisotopic (exact) mass is 310 g/mol. The zero-order valence-electron chi connectivity index (χ0n) is 12.6. The van der Waals surface area contributed by atoms with Crippen molar-refractivity contribution in [3.05, 3.63) is 52.8 Å². The van der Waals surface area contributed by atoms with Gasteiger partial charge in [-0.2, -0.15) is 13.2 Å². The number of anilines is 1. The molecule has 1 N–H and O–H groups in total. The summed E-state index contributed by atoms with van der Waals surface area (Å²) in [7, 11) is 1.84. The molecule has 0 atom stereocenters. The summed E-state index contributed by atoms with van der Waals surface area (Å²) in [6.07, 6.45) is -4.45. The van der Waals surface area contributed by atoms with Gasteiger partial charge in [0.2, 0.25) is 0 Å². The highest BCUT2D eigenvalue weighted by molar-refractivity contribution is 6.00. The van der Waals surface area contributed by atoms with Crippen molar-refractivity contribution in [2.45, 2.75) is 20.0 Å². The van der Waals surface area contributed by atoms with Crippen LogP contribution in [-0.2, 0) is 13.2 Å². The van der Waals surface area contributed by atoms with Gasteiger partial charge in [-0.05, 0) is 32.0 Å². The molecule has 0 saturated carbocycles. The minimum atomic E-state index is -4.45. The number of aromatic nitrogens is 1. The van der Waals surface area contributed by atoms with Gasteiger partial charge in [-0.3, -0.25) is 4.79 Å². The van der Waals surface area contributed by atoms with E-state index in [1.807, 2.05) is 25.5 Å². The van der Waals surface area contributed by atoms with E-state index in [0.717, 1.165) is 17.5 Å². The van der Waals surface area contributed by atoms with Crippen LogP contribution in [0.1, 0.15) is 27.3 Å². The van der Waals surface area contributed by atoms with E-state index in [9.17, 15) is 18.0 Å². The number of aryl methyl sites for hydroxylation is 1. The van der Waals surface area contributed by atoms with Gasteiger partial charge in [0.25, 0.3) is 0 Å². The van der Waals surface area contributed by atoms with Crippen LogP contribution in [0.3, 0.4) is 0 Å². The van der Waals surface area contributed by atoms with Crippen LogP contribution in [0, 0.1) is 13.8 Å². The summed E-state index contributed by atoms with van der Waals surface area (Å²) in [5, 5.41) is 2.60. The fourth-order valence-corrected chi connectivity index (χ4v) is 2.29. The standard InChI is InChI=1S/C16H17F3N2O/c1-10-8-12(11(2)21(10)3)15(22)9-20-14-7-5-4-6-13(14)16(17,18)19/h4-8,20H,9H2,1-3H3. The van der Waals surface area contributed by atoms with Gasteiger partial charge in [-0.25, -0.2) is 0 Å². The number of nitrogens with one attached hydrogen (secondary N) is 1. The number of hydrogen-bond acceptors (Lipinski definition) is 2. The normalized spacial score (nSPS) is 11.5. The van der Waals surface area contributed by atoms with Gasteiger partial charge in [0.05, 0.1) is 12.1 Å². The Morgan fingerprint density at radius 1 is 1.23 bits per heavy atom. The second-order valence-electron chi connectivity index (χ2n) is 5.16. The number of hydrogen-bond donors (Lipinski definition) is 1. The zero-order valence-corrected chi connectivity index (χ0v) is 12.6. The molecule has 0 saturated heterocycles. The van der Waals surface area contributed by atoms with Gasteiger partial charge in [0, 0.05) is 29.7 Å². The second-order valence-corrected chi connectivity index (χ2v) is 5.16. The highest BCUT2D eigenvalue weighted by atomic mass is 19.4. The number of carbonyl (C=O) groups excluding carboxylic acids is 1.